The van der Waals surface area contributed by atoms with Gasteiger partial charge in [-0.25, -0.2) is 9.48 Å². The first-order valence-corrected chi connectivity index (χ1v) is 8.87. The lowest BCUT2D eigenvalue weighted by Gasteiger charge is -2.31. The van der Waals surface area contributed by atoms with Gasteiger partial charge in [-0.3, -0.25) is 4.79 Å². The highest BCUT2D eigenvalue weighted by Gasteiger charge is 2.32. The Morgan fingerprint density at radius 1 is 1.17 bits per heavy atom. The second kappa shape index (κ2) is 7.77. The monoisotopic (exact) mass is 335 g/mol. The summed E-state index contributed by atoms with van der Waals surface area (Å²) in [6.45, 7) is 0. The number of ether oxygens (including phenoxy) is 2. The van der Waals surface area contributed by atoms with Gasteiger partial charge in [-0.2, -0.15) is 0 Å². The van der Waals surface area contributed by atoms with Gasteiger partial charge in [0.25, 0.3) is 0 Å². The fourth-order valence-corrected chi connectivity index (χ4v) is 3.82. The van der Waals surface area contributed by atoms with E-state index in [0.29, 0.717) is 12.3 Å². The molecule has 0 radical (unpaired) electrons. The summed E-state index contributed by atoms with van der Waals surface area (Å²) in [7, 11) is 1.32. The molecule has 24 heavy (non-hydrogen) atoms. The number of carbonyl (C=O) groups excluding carboxylic acids is 2. The van der Waals surface area contributed by atoms with Crippen molar-refractivity contribution in [2.75, 3.05) is 7.11 Å². The molecule has 1 aromatic rings. The summed E-state index contributed by atoms with van der Waals surface area (Å²) in [5.41, 5.74) is 0.180. The van der Waals surface area contributed by atoms with Crippen molar-refractivity contribution in [3.05, 3.63) is 11.9 Å². The van der Waals surface area contributed by atoms with Crippen molar-refractivity contribution in [3.63, 3.8) is 0 Å². The van der Waals surface area contributed by atoms with E-state index in [-0.39, 0.29) is 23.8 Å². The summed E-state index contributed by atoms with van der Waals surface area (Å²) >= 11 is 0. The molecular formula is C17H25N3O4. The third-order valence-corrected chi connectivity index (χ3v) is 5.13. The minimum absolute atomic E-state index is 0.0582. The zero-order chi connectivity index (χ0) is 16.9. The Morgan fingerprint density at radius 2 is 1.88 bits per heavy atom. The van der Waals surface area contributed by atoms with E-state index in [2.05, 4.69) is 15.0 Å². The molecule has 0 bridgehead atoms. The molecule has 132 valence electrons. The second-order valence-electron chi connectivity index (χ2n) is 6.81. The van der Waals surface area contributed by atoms with Crippen molar-refractivity contribution in [3.8, 4) is 0 Å². The molecule has 0 aromatic carbocycles. The molecular weight excluding hydrogens is 310 g/mol. The summed E-state index contributed by atoms with van der Waals surface area (Å²) in [6.07, 6.45) is 10.4. The molecule has 2 aliphatic carbocycles. The van der Waals surface area contributed by atoms with Crippen LogP contribution in [0.25, 0.3) is 0 Å². The highest BCUT2D eigenvalue weighted by molar-refractivity contribution is 5.86. The molecule has 2 atom stereocenters. The predicted octanol–water partition coefficient (Wildman–Crippen LogP) is 2.67. The molecule has 1 aromatic heterocycles. The molecule has 0 spiro atoms. The highest BCUT2D eigenvalue weighted by Crippen LogP contribution is 2.32. The standard InChI is InChI=1S/C17H25N3O4/c1-23-17(22)13-11-20(19-18-13)14-8-4-5-9-15(14)24-16(21)10-12-6-2-3-7-12/h11-12,14-15H,2-10H2,1H3. The Kier molecular flexibility index (Phi) is 5.48. The summed E-state index contributed by atoms with van der Waals surface area (Å²) in [5.74, 6) is -0.129. The predicted molar refractivity (Wildman–Crippen MR) is 85.3 cm³/mol. The summed E-state index contributed by atoms with van der Waals surface area (Å²) < 4.78 is 12.1. The van der Waals surface area contributed by atoms with Crippen molar-refractivity contribution in [1.82, 2.24) is 15.0 Å². The zero-order valence-corrected chi connectivity index (χ0v) is 14.1. The van der Waals surface area contributed by atoms with Gasteiger partial charge in [0.2, 0.25) is 0 Å². The fraction of sp³-hybridized carbons (Fsp3) is 0.765. The maximum absolute atomic E-state index is 12.3. The van der Waals surface area contributed by atoms with Crippen molar-refractivity contribution in [2.24, 2.45) is 5.92 Å². The van der Waals surface area contributed by atoms with Crippen LogP contribution in [0.1, 0.15) is 74.3 Å². The Hall–Kier alpha value is -1.92. The van der Waals surface area contributed by atoms with E-state index in [1.165, 1.54) is 20.0 Å². The number of hydrogen-bond donors (Lipinski definition) is 0. The fourth-order valence-electron chi connectivity index (χ4n) is 3.82. The molecule has 2 saturated carbocycles. The van der Waals surface area contributed by atoms with Gasteiger partial charge >= 0.3 is 11.9 Å². The molecule has 1 heterocycles. The van der Waals surface area contributed by atoms with E-state index >= 15 is 0 Å². The molecule has 0 amide bonds. The minimum Gasteiger partial charge on any atom is -0.464 e. The Labute approximate surface area is 141 Å². The van der Waals surface area contributed by atoms with Crippen molar-refractivity contribution in [2.45, 2.75) is 69.9 Å². The van der Waals surface area contributed by atoms with Gasteiger partial charge in [-0.1, -0.05) is 24.5 Å². The summed E-state index contributed by atoms with van der Waals surface area (Å²) in [4.78, 5) is 23.8. The second-order valence-corrected chi connectivity index (χ2v) is 6.81. The van der Waals surface area contributed by atoms with Crippen LogP contribution in [0, 0.1) is 5.92 Å². The van der Waals surface area contributed by atoms with E-state index in [4.69, 9.17) is 4.74 Å². The Morgan fingerprint density at radius 3 is 2.62 bits per heavy atom. The number of esters is 2. The Balaban J connectivity index is 1.63. The lowest BCUT2D eigenvalue weighted by atomic mass is 9.92. The zero-order valence-electron chi connectivity index (χ0n) is 14.1. The SMILES string of the molecule is COC(=O)c1cn(C2CCCCC2OC(=O)CC2CCCC2)nn1. The van der Waals surface area contributed by atoms with Crippen molar-refractivity contribution >= 4 is 11.9 Å². The first-order chi connectivity index (χ1) is 11.7. The largest absolute Gasteiger partial charge is 0.464 e. The van der Waals surface area contributed by atoms with Gasteiger partial charge in [-0.05, 0) is 38.0 Å². The maximum atomic E-state index is 12.3. The number of hydrogen-bond acceptors (Lipinski definition) is 6. The Bertz CT molecular complexity index is 580. The van der Waals surface area contributed by atoms with Gasteiger partial charge in [0.05, 0.1) is 19.3 Å². The van der Waals surface area contributed by atoms with Gasteiger partial charge < -0.3 is 9.47 Å². The third-order valence-electron chi connectivity index (χ3n) is 5.13. The van der Waals surface area contributed by atoms with Gasteiger partial charge in [-0.15, -0.1) is 5.10 Å². The molecule has 2 aliphatic rings. The van der Waals surface area contributed by atoms with Crippen LogP contribution in [0.5, 0.6) is 0 Å². The molecule has 2 fully saturated rings. The van der Waals surface area contributed by atoms with Crippen LogP contribution >= 0.6 is 0 Å². The van der Waals surface area contributed by atoms with Crippen molar-refractivity contribution in [1.29, 1.82) is 0 Å². The number of carbonyl (C=O) groups is 2. The smallest absolute Gasteiger partial charge is 0.360 e. The van der Waals surface area contributed by atoms with Crippen LogP contribution in [0.4, 0.5) is 0 Å². The molecule has 3 rings (SSSR count). The van der Waals surface area contributed by atoms with Crippen LogP contribution in [0.2, 0.25) is 0 Å². The number of rotatable bonds is 5. The normalized spacial score (nSPS) is 24.7. The van der Waals surface area contributed by atoms with E-state index in [0.717, 1.165) is 38.5 Å². The first-order valence-electron chi connectivity index (χ1n) is 8.87. The van der Waals surface area contributed by atoms with E-state index in [9.17, 15) is 9.59 Å². The number of nitrogens with zero attached hydrogens (tertiary/aromatic N) is 3. The van der Waals surface area contributed by atoms with Crippen LogP contribution in [0.15, 0.2) is 6.20 Å². The topological polar surface area (TPSA) is 83.3 Å². The molecule has 0 N–H and O–H groups in total. The third kappa shape index (κ3) is 3.94. The van der Waals surface area contributed by atoms with Gasteiger partial charge in [0, 0.05) is 6.42 Å². The number of methoxy groups -OCH3 is 1. The molecule has 0 saturated heterocycles. The number of aromatic nitrogens is 3. The van der Waals surface area contributed by atoms with Crippen LogP contribution in [-0.2, 0) is 14.3 Å². The van der Waals surface area contributed by atoms with E-state index < -0.39 is 5.97 Å². The van der Waals surface area contributed by atoms with Crippen LogP contribution in [0.3, 0.4) is 0 Å². The average Bonchev–Trinajstić information content (AvgIpc) is 3.26. The van der Waals surface area contributed by atoms with E-state index in [1.54, 1.807) is 10.9 Å². The van der Waals surface area contributed by atoms with Crippen LogP contribution < -0.4 is 0 Å². The van der Waals surface area contributed by atoms with Gasteiger partial charge in [0.15, 0.2) is 5.69 Å². The maximum Gasteiger partial charge on any atom is 0.360 e. The van der Waals surface area contributed by atoms with E-state index in [1.807, 2.05) is 0 Å². The van der Waals surface area contributed by atoms with Gasteiger partial charge in [0.1, 0.15) is 6.10 Å². The molecule has 2 unspecified atom stereocenters. The molecule has 7 nitrogen and oxygen atoms in total. The van der Waals surface area contributed by atoms with Crippen molar-refractivity contribution < 1.29 is 19.1 Å². The lowest BCUT2D eigenvalue weighted by Crippen LogP contribution is -2.33. The average molecular weight is 335 g/mol. The molecule has 7 heteroatoms. The lowest BCUT2D eigenvalue weighted by molar-refractivity contribution is -0.154. The summed E-state index contributed by atoms with van der Waals surface area (Å²) in [5, 5.41) is 7.90. The minimum atomic E-state index is -0.508. The highest BCUT2D eigenvalue weighted by atomic mass is 16.5. The van der Waals surface area contributed by atoms with Crippen LogP contribution in [-0.4, -0.2) is 40.1 Å². The quantitative estimate of drug-likeness (QED) is 0.769. The molecule has 0 aliphatic heterocycles. The summed E-state index contributed by atoms with van der Waals surface area (Å²) in [6, 6.07) is -0.0582. The first kappa shape index (κ1) is 16.9.